The lowest BCUT2D eigenvalue weighted by atomic mass is 9.94. The maximum atomic E-state index is 13.6. The van der Waals surface area contributed by atoms with Gasteiger partial charge in [0.15, 0.2) is 0 Å². The number of carbonyl (C=O) groups is 1. The second-order valence-electron chi connectivity index (χ2n) is 4.64. The largest absolute Gasteiger partial charge is 0.478 e. The maximum absolute atomic E-state index is 13.6. The van der Waals surface area contributed by atoms with E-state index in [0.717, 1.165) is 16.8 Å². The average Bonchev–Trinajstić information content (AvgIpc) is 2.47. The lowest BCUT2D eigenvalue weighted by Gasteiger charge is -2.11. The third-order valence-corrected chi connectivity index (χ3v) is 3.70. The van der Waals surface area contributed by atoms with Gasteiger partial charge in [-0.3, -0.25) is 0 Å². The van der Waals surface area contributed by atoms with E-state index in [-0.39, 0.29) is 5.56 Å². The van der Waals surface area contributed by atoms with Crippen LogP contribution in [0.15, 0.2) is 54.6 Å². The molecule has 0 aromatic heterocycles. The number of carboxylic acid groups (broad SMARTS) is 1. The lowest BCUT2D eigenvalue weighted by molar-refractivity contribution is 0.0697. The van der Waals surface area contributed by atoms with Crippen molar-refractivity contribution in [2.75, 3.05) is 0 Å². The van der Waals surface area contributed by atoms with Crippen molar-refractivity contribution in [2.24, 2.45) is 0 Å². The number of benzene rings is 3. The molecule has 0 spiro atoms. The van der Waals surface area contributed by atoms with E-state index in [1.807, 2.05) is 24.3 Å². The van der Waals surface area contributed by atoms with Crippen molar-refractivity contribution in [1.82, 2.24) is 0 Å². The second-order valence-corrected chi connectivity index (χ2v) is 5.04. The van der Waals surface area contributed by atoms with E-state index in [0.29, 0.717) is 16.1 Å². The van der Waals surface area contributed by atoms with Crippen LogP contribution < -0.4 is 0 Å². The minimum absolute atomic E-state index is 0.0591. The zero-order valence-corrected chi connectivity index (χ0v) is 11.6. The van der Waals surface area contributed by atoms with Gasteiger partial charge in [-0.05, 0) is 40.8 Å². The number of hydrogen-bond acceptors (Lipinski definition) is 1. The average molecular weight is 301 g/mol. The first-order chi connectivity index (χ1) is 10.1. The smallest absolute Gasteiger partial charge is 0.336 e. The van der Waals surface area contributed by atoms with Gasteiger partial charge < -0.3 is 5.11 Å². The van der Waals surface area contributed by atoms with Crippen LogP contribution in [0.4, 0.5) is 4.39 Å². The van der Waals surface area contributed by atoms with Crippen molar-refractivity contribution in [3.8, 4) is 11.1 Å². The molecule has 0 heterocycles. The van der Waals surface area contributed by atoms with Crippen LogP contribution in [-0.2, 0) is 0 Å². The zero-order valence-electron chi connectivity index (χ0n) is 10.8. The van der Waals surface area contributed by atoms with Crippen LogP contribution in [0.25, 0.3) is 21.9 Å². The van der Waals surface area contributed by atoms with Crippen molar-refractivity contribution in [2.45, 2.75) is 0 Å². The van der Waals surface area contributed by atoms with Crippen LogP contribution in [0.5, 0.6) is 0 Å². The zero-order chi connectivity index (χ0) is 15.0. The summed E-state index contributed by atoms with van der Waals surface area (Å²) in [6.07, 6.45) is 0. The molecule has 1 N–H and O–H groups in total. The molecule has 0 aliphatic heterocycles. The predicted octanol–water partition coefficient (Wildman–Crippen LogP) is 5.00. The number of rotatable bonds is 2. The van der Waals surface area contributed by atoms with E-state index >= 15 is 0 Å². The molecular formula is C17H10ClFO2. The van der Waals surface area contributed by atoms with E-state index in [4.69, 9.17) is 11.6 Å². The standard InChI is InChI=1S/C17H10ClFO2/c18-16-8-7-12(11-3-1-2-4-13(11)16)15-9-10(19)5-6-14(15)17(20)21/h1-9H,(H,20,21). The molecule has 3 aromatic carbocycles. The summed E-state index contributed by atoms with van der Waals surface area (Å²) in [6.45, 7) is 0. The van der Waals surface area contributed by atoms with Crippen LogP contribution in [0.1, 0.15) is 10.4 Å². The van der Waals surface area contributed by atoms with E-state index in [1.54, 1.807) is 12.1 Å². The van der Waals surface area contributed by atoms with Gasteiger partial charge in [-0.2, -0.15) is 0 Å². The lowest BCUT2D eigenvalue weighted by Crippen LogP contribution is -2.00. The Labute approximate surface area is 125 Å². The number of carboxylic acids is 1. The third-order valence-electron chi connectivity index (χ3n) is 3.37. The number of fused-ring (bicyclic) bond motifs is 1. The van der Waals surface area contributed by atoms with E-state index < -0.39 is 11.8 Å². The Balaban J connectivity index is 2.39. The Morgan fingerprint density at radius 2 is 1.67 bits per heavy atom. The Morgan fingerprint density at radius 1 is 0.952 bits per heavy atom. The Morgan fingerprint density at radius 3 is 2.38 bits per heavy atom. The molecule has 3 aromatic rings. The summed E-state index contributed by atoms with van der Waals surface area (Å²) in [7, 11) is 0. The molecule has 0 saturated carbocycles. The van der Waals surface area contributed by atoms with Gasteiger partial charge in [0, 0.05) is 10.4 Å². The molecule has 2 nitrogen and oxygen atoms in total. The van der Waals surface area contributed by atoms with E-state index in [2.05, 4.69) is 0 Å². The Hall–Kier alpha value is -2.39. The minimum atomic E-state index is -1.09. The van der Waals surface area contributed by atoms with Crippen LogP contribution in [0, 0.1) is 5.82 Å². The monoisotopic (exact) mass is 300 g/mol. The highest BCUT2D eigenvalue weighted by Gasteiger charge is 2.15. The van der Waals surface area contributed by atoms with Crippen molar-refractivity contribution in [3.63, 3.8) is 0 Å². The van der Waals surface area contributed by atoms with Crippen molar-refractivity contribution in [1.29, 1.82) is 0 Å². The normalized spacial score (nSPS) is 10.8. The van der Waals surface area contributed by atoms with Crippen molar-refractivity contribution >= 4 is 28.3 Å². The van der Waals surface area contributed by atoms with Gasteiger partial charge in [0.05, 0.1) is 5.56 Å². The Bertz CT molecular complexity index is 859. The molecule has 0 bridgehead atoms. The summed E-state index contributed by atoms with van der Waals surface area (Å²) in [4.78, 5) is 11.4. The molecule has 21 heavy (non-hydrogen) atoms. The topological polar surface area (TPSA) is 37.3 Å². The van der Waals surface area contributed by atoms with Gasteiger partial charge >= 0.3 is 5.97 Å². The van der Waals surface area contributed by atoms with Crippen LogP contribution in [0.3, 0.4) is 0 Å². The fraction of sp³-hybridized carbons (Fsp3) is 0. The van der Waals surface area contributed by atoms with Gasteiger partial charge in [0.1, 0.15) is 5.82 Å². The summed E-state index contributed by atoms with van der Waals surface area (Å²) in [5.41, 5.74) is 1.05. The molecule has 0 radical (unpaired) electrons. The molecule has 0 fully saturated rings. The van der Waals surface area contributed by atoms with Crippen LogP contribution >= 0.6 is 11.6 Å². The third kappa shape index (κ3) is 2.36. The highest BCUT2D eigenvalue weighted by molar-refractivity contribution is 6.36. The molecule has 0 atom stereocenters. The van der Waals surface area contributed by atoms with Gasteiger partial charge in [-0.15, -0.1) is 0 Å². The molecule has 0 unspecified atom stereocenters. The summed E-state index contributed by atoms with van der Waals surface area (Å²) in [5.74, 6) is -1.57. The summed E-state index contributed by atoms with van der Waals surface area (Å²) >= 11 is 6.16. The second kappa shape index (κ2) is 5.19. The van der Waals surface area contributed by atoms with Gasteiger partial charge in [0.2, 0.25) is 0 Å². The molecule has 0 aliphatic rings. The van der Waals surface area contributed by atoms with Crippen molar-refractivity contribution in [3.05, 3.63) is 71.0 Å². The molecule has 4 heteroatoms. The summed E-state index contributed by atoms with van der Waals surface area (Å²) in [5, 5.41) is 11.5. The summed E-state index contributed by atoms with van der Waals surface area (Å²) < 4.78 is 13.6. The number of halogens is 2. The first-order valence-electron chi connectivity index (χ1n) is 6.28. The molecule has 0 amide bonds. The van der Waals surface area contributed by atoms with E-state index in [1.165, 1.54) is 12.1 Å². The first-order valence-corrected chi connectivity index (χ1v) is 6.66. The molecule has 3 rings (SSSR count). The van der Waals surface area contributed by atoms with Crippen molar-refractivity contribution < 1.29 is 14.3 Å². The van der Waals surface area contributed by atoms with Gasteiger partial charge in [-0.1, -0.05) is 41.9 Å². The Kier molecular flexibility index (Phi) is 3.35. The highest BCUT2D eigenvalue weighted by atomic mass is 35.5. The number of hydrogen-bond donors (Lipinski definition) is 1. The first kappa shape index (κ1) is 13.6. The minimum Gasteiger partial charge on any atom is -0.478 e. The quantitative estimate of drug-likeness (QED) is 0.723. The molecule has 104 valence electrons. The van der Waals surface area contributed by atoms with Gasteiger partial charge in [0.25, 0.3) is 0 Å². The molecule has 0 saturated heterocycles. The van der Waals surface area contributed by atoms with E-state index in [9.17, 15) is 14.3 Å². The fourth-order valence-corrected chi connectivity index (χ4v) is 2.65. The fourth-order valence-electron chi connectivity index (χ4n) is 2.42. The molecular weight excluding hydrogens is 291 g/mol. The van der Waals surface area contributed by atoms with Gasteiger partial charge in [-0.25, -0.2) is 9.18 Å². The predicted molar refractivity (Wildman–Crippen MR) is 81.3 cm³/mol. The SMILES string of the molecule is O=C(O)c1ccc(F)cc1-c1ccc(Cl)c2ccccc12. The van der Waals surface area contributed by atoms with Crippen LogP contribution in [0.2, 0.25) is 5.02 Å². The highest BCUT2D eigenvalue weighted by Crippen LogP contribution is 2.35. The number of aromatic carboxylic acids is 1. The molecule has 0 aliphatic carbocycles. The van der Waals surface area contributed by atoms with Crippen LogP contribution in [-0.4, -0.2) is 11.1 Å². The maximum Gasteiger partial charge on any atom is 0.336 e. The summed E-state index contributed by atoms with van der Waals surface area (Å²) in [6, 6.07) is 14.4.